The van der Waals surface area contributed by atoms with Crippen LogP contribution in [-0.4, -0.2) is 60.6 Å². The van der Waals surface area contributed by atoms with E-state index in [-0.39, 0.29) is 5.54 Å². The van der Waals surface area contributed by atoms with Crippen LogP contribution in [0.2, 0.25) is 0 Å². The van der Waals surface area contributed by atoms with Crippen LogP contribution in [0, 0.1) is 11.3 Å². The molecular formula is C16H32N4. The number of piperazine rings is 1. The first-order chi connectivity index (χ1) is 9.36. The minimum Gasteiger partial charge on any atom is -0.301 e. The number of hydrogen-bond donors (Lipinski definition) is 1. The Bertz CT molecular complexity index is 323. The summed E-state index contributed by atoms with van der Waals surface area (Å²) in [5.74, 6) is 0. The molecule has 1 saturated heterocycles. The van der Waals surface area contributed by atoms with Crippen molar-refractivity contribution >= 4 is 0 Å². The molecule has 0 amide bonds. The Morgan fingerprint density at radius 2 is 2.05 bits per heavy atom. The fourth-order valence-electron chi connectivity index (χ4n) is 2.94. The van der Waals surface area contributed by atoms with Gasteiger partial charge in [-0.15, -0.1) is 0 Å². The summed E-state index contributed by atoms with van der Waals surface area (Å²) in [6.45, 7) is 13.2. The molecule has 0 aromatic carbocycles. The van der Waals surface area contributed by atoms with E-state index >= 15 is 0 Å². The average Bonchev–Trinajstić information content (AvgIpc) is 2.38. The van der Waals surface area contributed by atoms with Crippen LogP contribution in [0.5, 0.6) is 0 Å². The predicted octanol–water partition coefficient (Wildman–Crippen LogP) is 2.07. The van der Waals surface area contributed by atoms with Gasteiger partial charge in [-0.1, -0.05) is 0 Å². The molecule has 116 valence electrons. The molecule has 0 radical (unpaired) electrons. The fraction of sp³-hybridized carbons (Fsp3) is 0.938. The van der Waals surface area contributed by atoms with Gasteiger partial charge in [-0.2, -0.15) is 5.26 Å². The normalized spacial score (nSPS) is 24.6. The van der Waals surface area contributed by atoms with Crippen LogP contribution in [0.15, 0.2) is 0 Å². The third kappa shape index (κ3) is 5.78. The molecular weight excluding hydrogens is 248 g/mol. The topological polar surface area (TPSA) is 42.3 Å². The smallest absolute Gasteiger partial charge is 0.104 e. The van der Waals surface area contributed by atoms with E-state index in [9.17, 15) is 5.26 Å². The molecule has 0 spiro atoms. The Morgan fingerprint density at radius 3 is 2.60 bits per heavy atom. The highest BCUT2D eigenvalue weighted by Gasteiger charge is 2.24. The number of likely N-dealkylation sites (N-methyl/N-ethyl adjacent to an activating group) is 1. The van der Waals surface area contributed by atoms with Gasteiger partial charge in [0.25, 0.3) is 0 Å². The molecule has 4 heteroatoms. The summed E-state index contributed by atoms with van der Waals surface area (Å²) in [5.41, 5.74) is -0.371. The van der Waals surface area contributed by atoms with Crippen molar-refractivity contribution in [3.8, 4) is 6.07 Å². The van der Waals surface area contributed by atoms with Gasteiger partial charge in [0.15, 0.2) is 0 Å². The number of hydrogen-bond acceptors (Lipinski definition) is 4. The molecule has 1 fully saturated rings. The van der Waals surface area contributed by atoms with Crippen LogP contribution >= 0.6 is 0 Å². The summed E-state index contributed by atoms with van der Waals surface area (Å²) in [6, 6.07) is 3.45. The van der Waals surface area contributed by atoms with Crippen molar-refractivity contribution in [1.82, 2.24) is 15.1 Å². The van der Waals surface area contributed by atoms with Gasteiger partial charge in [-0.25, -0.2) is 0 Å². The standard InChI is InChI=1S/C16H32N4/c1-14(2)18-16(4,13-17)8-6-7-9-20-11-10-19(5)15(3)12-20/h14-15,18H,6-12H2,1-5H3. The first-order valence-corrected chi connectivity index (χ1v) is 7.98. The molecule has 1 aliphatic heterocycles. The summed E-state index contributed by atoms with van der Waals surface area (Å²) in [7, 11) is 2.21. The van der Waals surface area contributed by atoms with Crippen molar-refractivity contribution in [3.63, 3.8) is 0 Å². The van der Waals surface area contributed by atoms with Gasteiger partial charge in [-0.05, 0) is 60.5 Å². The minimum atomic E-state index is -0.371. The second-order valence-corrected chi connectivity index (χ2v) is 6.83. The molecule has 4 nitrogen and oxygen atoms in total. The van der Waals surface area contributed by atoms with Crippen LogP contribution < -0.4 is 5.32 Å². The maximum atomic E-state index is 9.32. The van der Waals surface area contributed by atoms with E-state index < -0.39 is 0 Å². The number of nitriles is 1. The monoisotopic (exact) mass is 280 g/mol. The Kier molecular flexibility index (Phi) is 6.94. The van der Waals surface area contributed by atoms with E-state index in [0.29, 0.717) is 12.1 Å². The summed E-state index contributed by atoms with van der Waals surface area (Å²) >= 11 is 0. The number of nitrogens with one attached hydrogen (secondary N) is 1. The first-order valence-electron chi connectivity index (χ1n) is 7.98. The Balaban J connectivity index is 2.23. The Morgan fingerprint density at radius 1 is 1.35 bits per heavy atom. The number of rotatable bonds is 7. The van der Waals surface area contributed by atoms with Gasteiger partial charge < -0.3 is 9.80 Å². The summed E-state index contributed by atoms with van der Waals surface area (Å²) in [5, 5.41) is 12.7. The van der Waals surface area contributed by atoms with Crippen molar-refractivity contribution in [2.75, 3.05) is 33.2 Å². The zero-order valence-electron chi connectivity index (χ0n) is 13.9. The number of nitrogens with zero attached hydrogens (tertiary/aromatic N) is 3. The number of unbranched alkanes of at least 4 members (excludes halogenated alkanes) is 1. The maximum absolute atomic E-state index is 9.32. The SMILES string of the molecule is CC(C)NC(C)(C#N)CCCCN1CCN(C)C(C)C1. The lowest BCUT2D eigenvalue weighted by Gasteiger charge is -2.37. The zero-order valence-corrected chi connectivity index (χ0v) is 13.9. The zero-order chi connectivity index (χ0) is 15.2. The molecule has 1 rings (SSSR count). The third-order valence-electron chi connectivity index (χ3n) is 4.30. The fourth-order valence-corrected chi connectivity index (χ4v) is 2.94. The van der Waals surface area contributed by atoms with Crippen LogP contribution in [-0.2, 0) is 0 Å². The van der Waals surface area contributed by atoms with Crippen LogP contribution in [0.4, 0.5) is 0 Å². The largest absolute Gasteiger partial charge is 0.301 e. The van der Waals surface area contributed by atoms with E-state index in [2.05, 4.69) is 49.0 Å². The highest BCUT2D eigenvalue weighted by atomic mass is 15.3. The first kappa shape index (κ1) is 17.4. The molecule has 0 aromatic rings. The second-order valence-electron chi connectivity index (χ2n) is 6.83. The molecule has 1 aliphatic rings. The summed E-state index contributed by atoms with van der Waals surface area (Å²) in [4.78, 5) is 4.99. The average molecular weight is 280 g/mol. The Hall–Kier alpha value is -0.630. The van der Waals surface area contributed by atoms with Crippen molar-refractivity contribution in [1.29, 1.82) is 5.26 Å². The van der Waals surface area contributed by atoms with E-state index in [0.717, 1.165) is 12.8 Å². The third-order valence-corrected chi connectivity index (χ3v) is 4.30. The van der Waals surface area contributed by atoms with Crippen molar-refractivity contribution < 1.29 is 0 Å². The van der Waals surface area contributed by atoms with Crippen molar-refractivity contribution in [2.24, 2.45) is 0 Å². The quantitative estimate of drug-likeness (QED) is 0.725. The van der Waals surface area contributed by atoms with Crippen LogP contribution in [0.25, 0.3) is 0 Å². The van der Waals surface area contributed by atoms with Gasteiger partial charge in [0.1, 0.15) is 5.54 Å². The van der Waals surface area contributed by atoms with E-state index in [1.807, 2.05) is 6.92 Å². The van der Waals surface area contributed by atoms with E-state index in [4.69, 9.17) is 0 Å². The van der Waals surface area contributed by atoms with Gasteiger partial charge in [0.05, 0.1) is 6.07 Å². The highest BCUT2D eigenvalue weighted by molar-refractivity contribution is 5.04. The molecule has 1 N–H and O–H groups in total. The van der Waals surface area contributed by atoms with E-state index in [1.54, 1.807) is 0 Å². The molecule has 2 unspecified atom stereocenters. The lowest BCUT2D eigenvalue weighted by atomic mass is 9.95. The summed E-state index contributed by atoms with van der Waals surface area (Å²) in [6.07, 6.45) is 3.24. The van der Waals surface area contributed by atoms with Crippen molar-refractivity contribution in [2.45, 2.75) is 64.6 Å². The second kappa shape index (κ2) is 7.97. The summed E-state index contributed by atoms with van der Waals surface area (Å²) < 4.78 is 0. The van der Waals surface area contributed by atoms with E-state index in [1.165, 1.54) is 32.6 Å². The molecule has 0 aromatic heterocycles. The van der Waals surface area contributed by atoms with Gasteiger partial charge in [0, 0.05) is 31.7 Å². The predicted molar refractivity (Wildman–Crippen MR) is 84.7 cm³/mol. The van der Waals surface area contributed by atoms with Crippen LogP contribution in [0.1, 0.15) is 47.0 Å². The molecule has 2 atom stereocenters. The molecule has 20 heavy (non-hydrogen) atoms. The van der Waals surface area contributed by atoms with Gasteiger partial charge in [0.2, 0.25) is 0 Å². The lowest BCUT2D eigenvalue weighted by molar-refractivity contribution is 0.103. The van der Waals surface area contributed by atoms with Gasteiger partial charge >= 0.3 is 0 Å². The minimum absolute atomic E-state index is 0.359. The molecule has 0 aliphatic carbocycles. The Labute approximate surface area is 125 Å². The molecule has 1 heterocycles. The molecule has 0 bridgehead atoms. The molecule has 0 saturated carbocycles. The van der Waals surface area contributed by atoms with Crippen molar-refractivity contribution in [3.05, 3.63) is 0 Å². The maximum Gasteiger partial charge on any atom is 0.104 e. The van der Waals surface area contributed by atoms with Crippen LogP contribution in [0.3, 0.4) is 0 Å². The highest BCUT2D eigenvalue weighted by Crippen LogP contribution is 2.15. The lowest BCUT2D eigenvalue weighted by Crippen LogP contribution is -2.50. The van der Waals surface area contributed by atoms with Gasteiger partial charge in [-0.3, -0.25) is 5.32 Å².